The van der Waals surface area contributed by atoms with E-state index in [9.17, 15) is 0 Å². The van der Waals surface area contributed by atoms with Crippen molar-refractivity contribution in [1.29, 1.82) is 0 Å². The molecule has 51 heavy (non-hydrogen) atoms. The number of benzene rings is 6. The second-order valence-electron chi connectivity index (χ2n) is 10.9. The summed E-state index contributed by atoms with van der Waals surface area (Å²) < 4.78 is 49.7. The van der Waals surface area contributed by atoms with Crippen molar-refractivity contribution >= 4 is 78.1 Å². The Bertz CT molecular complexity index is 1790. The van der Waals surface area contributed by atoms with Crippen molar-refractivity contribution in [3.05, 3.63) is 194 Å². The molecule has 0 aliphatic heterocycles. The zero-order valence-corrected chi connectivity index (χ0v) is 34.0. The van der Waals surface area contributed by atoms with Crippen LogP contribution >= 0.6 is 46.2 Å². The predicted octanol–water partition coefficient (Wildman–Crippen LogP) is 7.76. The molecule has 6 aromatic carbocycles. The summed E-state index contributed by atoms with van der Waals surface area (Å²) in [4.78, 5) is 0. The number of aromatic nitrogens is 3. The molecule has 0 amide bonds. The van der Waals surface area contributed by atoms with Crippen LogP contribution in [-0.4, -0.2) is 20.6 Å². The molecular weight excluding hydrogens is 813 g/mol. The maximum Gasteiger partial charge on any atom is 0.161 e. The van der Waals surface area contributed by atoms with Crippen LogP contribution in [0.4, 0.5) is 0 Å². The van der Waals surface area contributed by atoms with Gasteiger partial charge in [0.2, 0.25) is 0 Å². The first-order valence-corrected chi connectivity index (χ1v) is 20.7. The molecule has 0 bridgehead atoms. The van der Waals surface area contributed by atoms with Crippen molar-refractivity contribution < 1.29 is 39.9 Å². The van der Waals surface area contributed by atoms with Crippen LogP contribution in [0, 0.1) is 6.20 Å². The van der Waals surface area contributed by atoms with Gasteiger partial charge in [-0.1, -0.05) is 182 Å². The smallest absolute Gasteiger partial charge is 0.161 e. The van der Waals surface area contributed by atoms with Crippen LogP contribution in [0.5, 0.6) is 0 Å². The molecular formula is C39H35Cl2N3O3P3Zr-. The van der Waals surface area contributed by atoms with E-state index in [1.165, 1.54) is 6.20 Å². The summed E-state index contributed by atoms with van der Waals surface area (Å²) in [7, 11) is -11.9. The molecule has 1 aromatic heterocycles. The minimum atomic E-state index is -3.97. The third-order valence-corrected chi connectivity index (χ3v) is 22.3. The first-order valence-electron chi connectivity index (χ1n) is 15.4. The largest absolute Gasteiger partial charge is 0.352 e. The van der Waals surface area contributed by atoms with Crippen molar-refractivity contribution in [1.82, 2.24) is 15.4 Å². The van der Waals surface area contributed by atoms with Gasteiger partial charge in [-0.3, -0.25) is 0 Å². The molecule has 1 heterocycles. The molecule has 0 radical (unpaired) electrons. The average molecular weight is 849 g/mol. The fourth-order valence-electron chi connectivity index (χ4n) is 5.98. The molecule has 0 spiro atoms. The molecule has 1 N–H and O–H groups in total. The second kappa shape index (κ2) is 19.4. The van der Waals surface area contributed by atoms with E-state index < -0.39 is 26.6 Å². The van der Waals surface area contributed by atoms with Crippen LogP contribution < -0.4 is 31.8 Å². The molecule has 258 valence electrons. The van der Waals surface area contributed by atoms with Gasteiger partial charge in [0.05, 0.1) is 0 Å². The number of nitrogens with one attached hydrogen (secondary N) is 1. The average Bonchev–Trinajstić information content (AvgIpc) is 3.78. The van der Waals surface area contributed by atoms with E-state index in [0.29, 0.717) is 31.8 Å². The monoisotopic (exact) mass is 846 g/mol. The molecule has 0 fully saturated rings. The Morgan fingerprint density at radius 2 is 0.627 bits per heavy atom. The van der Waals surface area contributed by atoms with Crippen molar-refractivity contribution in [2.24, 2.45) is 0 Å². The summed E-state index contributed by atoms with van der Waals surface area (Å²) in [6.45, 7) is 0. The summed E-state index contributed by atoms with van der Waals surface area (Å²) in [5.74, 6) is 0. The summed E-state index contributed by atoms with van der Waals surface area (Å²) in [5.41, 5.74) is 0. The van der Waals surface area contributed by atoms with Gasteiger partial charge in [-0.05, 0) is 0 Å². The van der Waals surface area contributed by atoms with Gasteiger partial charge in [-0.15, -0.1) is 36.2 Å². The normalized spacial score (nSPS) is 11.1. The van der Waals surface area contributed by atoms with Gasteiger partial charge in [0, 0.05) is 58.0 Å². The second-order valence-corrected chi connectivity index (χ2v) is 20.8. The molecule has 7 aromatic rings. The van der Waals surface area contributed by atoms with Gasteiger partial charge in [-0.2, -0.15) is 0 Å². The molecule has 0 unspecified atom stereocenters. The van der Waals surface area contributed by atoms with Crippen LogP contribution in [0.1, 0.15) is 0 Å². The maximum absolute atomic E-state index is 16.6. The van der Waals surface area contributed by atoms with Crippen LogP contribution in [-0.2, 0) is 39.9 Å². The van der Waals surface area contributed by atoms with Crippen LogP contribution in [0.15, 0.2) is 188 Å². The van der Waals surface area contributed by atoms with Crippen molar-refractivity contribution in [3.63, 3.8) is 0 Å². The molecule has 0 aliphatic carbocycles. The molecule has 12 heteroatoms. The zero-order valence-electron chi connectivity index (χ0n) is 27.3. The van der Waals surface area contributed by atoms with E-state index in [0.717, 1.165) is 0 Å². The summed E-state index contributed by atoms with van der Waals surface area (Å²) in [6.07, 6.45) is 3.97. The third kappa shape index (κ3) is 8.64. The zero-order chi connectivity index (χ0) is 33.3. The Kier molecular flexibility index (Phi) is 16.0. The molecule has 7 rings (SSSR count). The van der Waals surface area contributed by atoms with Gasteiger partial charge in [0.15, 0.2) is 21.4 Å². The molecule has 0 atom stereocenters. The Morgan fingerprint density at radius 1 is 0.412 bits per heavy atom. The number of hydrogen-bond donors (Lipinski definition) is 1. The first-order chi connectivity index (χ1) is 23.5. The molecule has 0 saturated heterocycles. The topological polar surface area (TPSA) is 92.8 Å². The van der Waals surface area contributed by atoms with E-state index >= 15 is 13.7 Å². The number of rotatable bonds is 9. The van der Waals surface area contributed by atoms with E-state index in [2.05, 4.69) is 21.6 Å². The van der Waals surface area contributed by atoms with Gasteiger partial charge >= 0.3 is 0 Å². The quantitative estimate of drug-likeness (QED) is 0.119. The Balaban J connectivity index is 0.000000809. The minimum absolute atomic E-state index is 0. The number of halogens is 2. The van der Waals surface area contributed by atoms with E-state index in [4.69, 9.17) is 0 Å². The van der Waals surface area contributed by atoms with E-state index in [-0.39, 0.29) is 51.0 Å². The van der Waals surface area contributed by atoms with Crippen molar-refractivity contribution in [2.75, 3.05) is 0 Å². The number of aromatic amines is 1. The third-order valence-electron chi connectivity index (χ3n) is 8.11. The molecule has 6 nitrogen and oxygen atoms in total. The first kappa shape index (κ1) is 42.0. The van der Waals surface area contributed by atoms with Crippen molar-refractivity contribution in [3.8, 4) is 0 Å². The molecule has 0 aliphatic rings. The van der Waals surface area contributed by atoms with E-state index in [1.54, 1.807) is 0 Å². The summed E-state index contributed by atoms with van der Waals surface area (Å²) in [5, 5.41) is 10.8. The Hall–Kier alpha value is -3.39. The summed E-state index contributed by atoms with van der Waals surface area (Å²) in [6, 6.07) is 55.2. The standard InChI is InChI=1S/C37H31O3P3.C2H2N3.2ClH.Zr/c38-41(31-19-7-1-8-20-31,32-21-9-2-10-22-32)37(42(39,33-23-11-3-12-24-33)34-25-13-4-14-26-34)43(40,35-27-15-5-16-28-35)36-29-17-6-18-30-36;1-2-4-5-3-1;;;/h1-30,37H;1H,(H,3,4,5);2*1H;/q;-1;;;. The van der Waals surface area contributed by atoms with Crippen LogP contribution in [0.25, 0.3) is 0 Å². The SMILES string of the molecule is Cl.Cl.O=P(c1ccccc1)(c1ccccc1)C(P(=O)(c1ccccc1)c1ccccc1)P(=O)(c1ccccc1)c1ccccc1.[Zr].[c-]1c[nH]nn1. The number of hydrogen-bond acceptors (Lipinski definition) is 5. The fourth-order valence-corrected chi connectivity index (χ4v) is 22.5. The Morgan fingerprint density at radius 3 is 0.765 bits per heavy atom. The van der Waals surface area contributed by atoms with E-state index in [1.807, 2.05) is 182 Å². The van der Waals surface area contributed by atoms with Gasteiger partial charge in [-0.25, -0.2) is 0 Å². The van der Waals surface area contributed by atoms with Gasteiger partial charge in [0.1, 0.15) is 5.14 Å². The Labute approximate surface area is 330 Å². The van der Waals surface area contributed by atoms with Crippen LogP contribution in [0.3, 0.4) is 0 Å². The fraction of sp³-hybridized carbons (Fsp3) is 0.0256. The van der Waals surface area contributed by atoms with Gasteiger partial charge < -0.3 is 30.1 Å². The summed E-state index contributed by atoms with van der Waals surface area (Å²) >= 11 is 0. The van der Waals surface area contributed by atoms with Crippen molar-refractivity contribution in [2.45, 2.75) is 5.14 Å². The number of H-pyrrole nitrogens is 1. The predicted molar refractivity (Wildman–Crippen MR) is 213 cm³/mol. The van der Waals surface area contributed by atoms with Gasteiger partial charge in [0.25, 0.3) is 0 Å². The maximum atomic E-state index is 16.6. The molecule has 0 saturated carbocycles. The minimum Gasteiger partial charge on any atom is -0.352 e. The van der Waals surface area contributed by atoms with Crippen LogP contribution in [0.2, 0.25) is 0 Å². The number of nitrogens with zero attached hydrogens (tertiary/aromatic N) is 2.